The van der Waals surface area contributed by atoms with Crippen LogP contribution in [0.1, 0.15) is 25.5 Å². The molecule has 1 amide bonds. The Hall–Kier alpha value is -3.03. The van der Waals surface area contributed by atoms with Crippen molar-refractivity contribution in [2.45, 2.75) is 19.8 Å². The first kappa shape index (κ1) is 17.1. The van der Waals surface area contributed by atoms with Crippen LogP contribution in [0, 0.1) is 5.92 Å². The number of aromatic amines is 1. The van der Waals surface area contributed by atoms with Gasteiger partial charge in [0.05, 0.1) is 12.4 Å². The van der Waals surface area contributed by atoms with Crippen LogP contribution in [0.15, 0.2) is 64.1 Å². The first-order chi connectivity index (χ1) is 13.6. The number of hydrogen-bond acceptors (Lipinski definition) is 4. The molecule has 28 heavy (non-hydrogen) atoms. The zero-order valence-electron chi connectivity index (χ0n) is 15.8. The number of quaternary nitrogens is 1. The molecule has 1 aromatic heterocycles. The van der Waals surface area contributed by atoms with Crippen molar-refractivity contribution in [3.8, 4) is 0 Å². The summed E-state index contributed by atoms with van der Waals surface area (Å²) in [7, 11) is 0. The Kier molecular flexibility index (Phi) is 3.82. The number of hydrogen-bond donors (Lipinski definition) is 2. The fraction of sp³-hybridized carbons (Fsp3) is 0.286. The van der Waals surface area contributed by atoms with Crippen molar-refractivity contribution in [1.29, 1.82) is 0 Å². The molecule has 1 fully saturated rings. The van der Waals surface area contributed by atoms with Gasteiger partial charge in [0, 0.05) is 36.8 Å². The van der Waals surface area contributed by atoms with Crippen LogP contribution in [0.2, 0.25) is 0 Å². The van der Waals surface area contributed by atoms with Gasteiger partial charge < -0.3 is 9.88 Å². The second-order valence-corrected chi connectivity index (χ2v) is 7.61. The van der Waals surface area contributed by atoms with Crippen LogP contribution in [-0.2, 0) is 4.79 Å². The maximum absolute atomic E-state index is 11.7. The van der Waals surface area contributed by atoms with Crippen molar-refractivity contribution in [3.63, 3.8) is 0 Å². The van der Waals surface area contributed by atoms with Crippen molar-refractivity contribution in [1.82, 2.24) is 9.88 Å². The van der Waals surface area contributed by atoms with Gasteiger partial charge in [-0.2, -0.15) is 10.8 Å². The van der Waals surface area contributed by atoms with Crippen LogP contribution in [0.3, 0.4) is 0 Å². The van der Waals surface area contributed by atoms with Gasteiger partial charge in [-0.3, -0.25) is 9.79 Å². The summed E-state index contributed by atoms with van der Waals surface area (Å²) in [5.41, 5.74) is 3.88. The molecular formula is C21H23N6O+. The fourth-order valence-electron chi connectivity index (χ4n) is 4.35. The van der Waals surface area contributed by atoms with Crippen molar-refractivity contribution in [3.05, 3.63) is 59.8 Å². The predicted molar refractivity (Wildman–Crippen MR) is 109 cm³/mol. The second-order valence-electron chi connectivity index (χ2n) is 7.61. The lowest BCUT2D eigenvalue weighted by atomic mass is 9.92. The molecule has 0 saturated carbocycles. The number of para-hydroxylation sites is 1. The summed E-state index contributed by atoms with van der Waals surface area (Å²) >= 11 is 0. The Morgan fingerprint density at radius 1 is 1.29 bits per heavy atom. The predicted octanol–water partition coefficient (Wildman–Crippen LogP) is 2.64. The Bertz CT molecular complexity index is 1050. The number of amidine groups is 1. The van der Waals surface area contributed by atoms with Gasteiger partial charge >= 0.3 is 0 Å². The highest BCUT2D eigenvalue weighted by Crippen LogP contribution is 2.38. The summed E-state index contributed by atoms with van der Waals surface area (Å²) in [6, 6.07) is 10.3. The molecule has 3 aliphatic rings. The average molecular weight is 375 g/mol. The average Bonchev–Trinajstić information content (AvgIpc) is 3.26. The largest absolute Gasteiger partial charge is 0.349 e. The van der Waals surface area contributed by atoms with Gasteiger partial charge in [-0.15, -0.1) is 4.59 Å². The summed E-state index contributed by atoms with van der Waals surface area (Å²) in [4.78, 5) is 26.4. The van der Waals surface area contributed by atoms with E-state index in [-0.39, 0.29) is 16.4 Å². The number of nitrogens with two attached hydrogens (primary N) is 1. The summed E-state index contributed by atoms with van der Waals surface area (Å²) in [5, 5.41) is 1.13. The number of allylic oxidation sites excluding steroid dienone is 2. The Morgan fingerprint density at radius 2 is 2.07 bits per heavy atom. The standard InChI is InChI=1S/C21H23N6O/c1-14(28)26-9-6-15(7-10-26)20-19-13-23-8-11-27(19,22)21(25-20)18-12-16-4-2-3-5-17(16)24-18/h2-5,8,11-13,15,24H,6-7,9-10,22H2,1H3/q+1. The highest BCUT2D eigenvalue weighted by Gasteiger charge is 2.46. The zero-order chi connectivity index (χ0) is 19.3. The number of piperidine rings is 1. The van der Waals surface area contributed by atoms with Gasteiger partial charge in [0.2, 0.25) is 11.6 Å². The van der Waals surface area contributed by atoms with E-state index < -0.39 is 0 Å². The number of nitrogens with zero attached hydrogens (tertiary/aromatic N) is 4. The minimum atomic E-state index is 0.0264. The number of carbonyl (C=O) groups excluding carboxylic acids is 1. The quantitative estimate of drug-likeness (QED) is 0.624. The van der Waals surface area contributed by atoms with E-state index in [0.717, 1.165) is 59.8 Å². The molecule has 7 nitrogen and oxygen atoms in total. The van der Waals surface area contributed by atoms with Gasteiger partial charge in [0.1, 0.15) is 17.6 Å². The molecule has 0 spiro atoms. The Morgan fingerprint density at radius 3 is 2.82 bits per heavy atom. The maximum atomic E-state index is 11.7. The van der Waals surface area contributed by atoms with Crippen LogP contribution in [0.5, 0.6) is 0 Å². The third kappa shape index (κ3) is 2.55. The monoisotopic (exact) mass is 375 g/mol. The van der Waals surface area contributed by atoms with E-state index in [1.807, 2.05) is 29.4 Å². The lowest BCUT2D eigenvalue weighted by molar-refractivity contribution is -0.750. The van der Waals surface area contributed by atoms with Gasteiger partial charge in [-0.25, -0.2) is 0 Å². The molecule has 3 N–H and O–H groups in total. The SMILES string of the molecule is CC(=O)N1CCC(C2=C3C=NC=C[N+]3(N)C(c3cc4ccccc4[nH]3)=N2)CC1. The molecule has 1 unspecified atom stereocenters. The number of nitrogens with one attached hydrogen (secondary N) is 1. The number of amides is 1. The van der Waals surface area contributed by atoms with Crippen LogP contribution in [0.25, 0.3) is 10.9 Å². The molecule has 1 atom stereocenters. The minimum absolute atomic E-state index is 0.0264. The van der Waals surface area contributed by atoms with Gasteiger partial charge in [0.15, 0.2) is 0 Å². The number of carbonyl (C=O) groups is 1. The van der Waals surface area contributed by atoms with E-state index in [4.69, 9.17) is 10.8 Å². The summed E-state index contributed by atoms with van der Waals surface area (Å²) in [6.45, 7) is 3.14. The Balaban J connectivity index is 1.54. The van der Waals surface area contributed by atoms with E-state index in [9.17, 15) is 4.79 Å². The lowest BCUT2D eigenvalue weighted by Gasteiger charge is -2.31. The van der Waals surface area contributed by atoms with Crippen molar-refractivity contribution in [2.24, 2.45) is 21.7 Å². The zero-order valence-corrected chi connectivity index (χ0v) is 15.8. The second kappa shape index (κ2) is 6.25. The van der Waals surface area contributed by atoms with Crippen molar-refractivity contribution >= 4 is 28.9 Å². The Labute approximate surface area is 163 Å². The fourth-order valence-corrected chi connectivity index (χ4v) is 4.35. The first-order valence-corrected chi connectivity index (χ1v) is 9.62. The van der Waals surface area contributed by atoms with Crippen LogP contribution < -0.4 is 5.84 Å². The molecule has 1 aromatic carbocycles. The molecule has 3 aliphatic heterocycles. The third-order valence-corrected chi connectivity index (χ3v) is 5.92. The maximum Gasteiger partial charge on any atom is 0.281 e. The molecule has 5 rings (SSSR count). The van der Waals surface area contributed by atoms with Crippen LogP contribution in [0.4, 0.5) is 0 Å². The number of aliphatic imine (C=N–C) groups is 2. The number of fused-ring (bicyclic) bond motifs is 2. The molecule has 2 aromatic rings. The molecule has 0 radical (unpaired) electrons. The molecule has 7 heteroatoms. The van der Waals surface area contributed by atoms with Crippen LogP contribution >= 0.6 is 0 Å². The van der Waals surface area contributed by atoms with E-state index in [1.165, 1.54) is 0 Å². The lowest BCUT2D eigenvalue weighted by Crippen LogP contribution is -2.53. The van der Waals surface area contributed by atoms with Crippen molar-refractivity contribution in [2.75, 3.05) is 13.1 Å². The van der Waals surface area contributed by atoms with Crippen molar-refractivity contribution < 1.29 is 9.39 Å². The summed E-state index contributed by atoms with van der Waals surface area (Å²) in [5.74, 6) is 8.00. The summed E-state index contributed by atoms with van der Waals surface area (Å²) in [6.07, 6.45) is 7.20. The first-order valence-electron chi connectivity index (χ1n) is 9.62. The number of benzene rings is 1. The number of rotatable bonds is 2. The number of likely N-dealkylation sites (tertiary alicyclic amines) is 1. The number of H-pyrrole nitrogens is 1. The molecule has 0 bridgehead atoms. The van der Waals surface area contributed by atoms with Gasteiger partial charge in [-0.1, -0.05) is 18.2 Å². The molecule has 1 saturated heterocycles. The van der Waals surface area contributed by atoms with E-state index in [0.29, 0.717) is 0 Å². The van der Waals surface area contributed by atoms with E-state index in [2.05, 4.69) is 28.2 Å². The highest BCUT2D eigenvalue weighted by atomic mass is 16.2. The van der Waals surface area contributed by atoms with Gasteiger partial charge in [0.25, 0.3) is 5.84 Å². The topological polar surface area (TPSA) is 86.8 Å². The molecular weight excluding hydrogens is 352 g/mol. The van der Waals surface area contributed by atoms with Gasteiger partial charge in [-0.05, 0) is 25.0 Å². The highest BCUT2D eigenvalue weighted by molar-refractivity contribution is 6.02. The molecule has 0 aliphatic carbocycles. The van der Waals surface area contributed by atoms with Crippen LogP contribution in [-0.4, -0.2) is 45.5 Å². The normalized spacial score (nSPS) is 24.8. The molecule has 142 valence electrons. The van der Waals surface area contributed by atoms with E-state index >= 15 is 0 Å². The minimum Gasteiger partial charge on any atom is -0.349 e. The van der Waals surface area contributed by atoms with E-state index in [1.54, 1.807) is 13.1 Å². The third-order valence-electron chi connectivity index (χ3n) is 5.92. The summed E-state index contributed by atoms with van der Waals surface area (Å²) < 4.78 is 0.0264. The molecule has 4 heterocycles. The number of aromatic nitrogens is 1. The smallest absolute Gasteiger partial charge is 0.281 e.